The normalized spacial score (nSPS) is 19.0. The van der Waals surface area contributed by atoms with Gasteiger partial charge in [-0.25, -0.2) is 0 Å². The van der Waals surface area contributed by atoms with E-state index in [1.165, 1.54) is 5.56 Å². The van der Waals surface area contributed by atoms with Crippen molar-refractivity contribution in [3.05, 3.63) is 58.1 Å². The lowest BCUT2D eigenvalue weighted by molar-refractivity contribution is -0.135. The number of amides is 1. The first kappa shape index (κ1) is 20.2. The van der Waals surface area contributed by atoms with Crippen LogP contribution in [0.15, 0.2) is 46.9 Å². The predicted molar refractivity (Wildman–Crippen MR) is 118 cm³/mol. The number of nitrogens with zero attached hydrogens (tertiary/aromatic N) is 2. The van der Waals surface area contributed by atoms with Crippen LogP contribution < -0.4 is 9.64 Å². The van der Waals surface area contributed by atoms with Crippen LogP contribution in [0.5, 0.6) is 5.75 Å². The fourth-order valence-electron chi connectivity index (χ4n) is 4.11. The molecule has 1 amide bonds. The van der Waals surface area contributed by atoms with Crippen molar-refractivity contribution in [1.29, 1.82) is 0 Å². The van der Waals surface area contributed by atoms with Crippen molar-refractivity contribution in [3.63, 3.8) is 0 Å². The topological polar surface area (TPSA) is 42.0 Å². The van der Waals surface area contributed by atoms with Gasteiger partial charge in [-0.1, -0.05) is 28.1 Å². The zero-order valence-electron chi connectivity index (χ0n) is 16.8. The van der Waals surface area contributed by atoms with E-state index < -0.39 is 0 Å². The molecule has 2 aromatic rings. The van der Waals surface area contributed by atoms with Crippen LogP contribution in [0, 0.1) is 0 Å². The third kappa shape index (κ3) is 4.75. The molecule has 1 saturated heterocycles. The number of rotatable bonds is 5. The van der Waals surface area contributed by atoms with Gasteiger partial charge in [0, 0.05) is 42.4 Å². The van der Waals surface area contributed by atoms with Gasteiger partial charge in [0.1, 0.15) is 5.75 Å². The van der Waals surface area contributed by atoms with Gasteiger partial charge in [-0.3, -0.25) is 4.79 Å². The number of anilines is 1. The first-order valence-electron chi connectivity index (χ1n) is 10.3. The molecule has 6 heteroatoms. The highest BCUT2D eigenvalue weighted by atomic mass is 79.9. The standard InChI is InChI=1S/C23H27BrN2O3/c1-2-28-20-5-3-4-19(15-20)25-9-11-26(12-10-25)23(27)16-22-21-7-6-18(24)14-17(21)8-13-29-22/h3-7,14-15,22H,2,8-13,16H2,1H3. The summed E-state index contributed by atoms with van der Waals surface area (Å²) in [5.74, 6) is 1.07. The largest absolute Gasteiger partial charge is 0.494 e. The van der Waals surface area contributed by atoms with E-state index in [-0.39, 0.29) is 12.0 Å². The molecule has 2 aliphatic rings. The second kappa shape index (κ2) is 9.18. The van der Waals surface area contributed by atoms with Crippen molar-refractivity contribution in [2.75, 3.05) is 44.3 Å². The molecule has 4 rings (SSSR count). The number of halogens is 1. The minimum Gasteiger partial charge on any atom is -0.494 e. The van der Waals surface area contributed by atoms with Crippen LogP contribution >= 0.6 is 15.9 Å². The summed E-state index contributed by atoms with van der Waals surface area (Å²) >= 11 is 3.53. The minimum atomic E-state index is -0.139. The second-order valence-corrected chi connectivity index (χ2v) is 8.37. The Hall–Kier alpha value is -2.05. The van der Waals surface area contributed by atoms with Crippen LogP contribution in [-0.4, -0.2) is 50.2 Å². The Morgan fingerprint density at radius 1 is 1.17 bits per heavy atom. The zero-order chi connectivity index (χ0) is 20.2. The molecule has 2 aromatic carbocycles. The number of carbonyl (C=O) groups excluding carboxylic acids is 1. The molecule has 29 heavy (non-hydrogen) atoms. The van der Waals surface area contributed by atoms with Crippen molar-refractivity contribution >= 4 is 27.5 Å². The Morgan fingerprint density at radius 3 is 2.79 bits per heavy atom. The highest BCUT2D eigenvalue weighted by Gasteiger charge is 2.28. The van der Waals surface area contributed by atoms with E-state index in [1.807, 2.05) is 30.0 Å². The van der Waals surface area contributed by atoms with Crippen LogP contribution in [0.3, 0.4) is 0 Å². The van der Waals surface area contributed by atoms with Crippen molar-refractivity contribution < 1.29 is 14.3 Å². The molecule has 0 aromatic heterocycles. The molecule has 0 aliphatic carbocycles. The molecule has 0 saturated carbocycles. The lowest BCUT2D eigenvalue weighted by Gasteiger charge is -2.37. The summed E-state index contributed by atoms with van der Waals surface area (Å²) in [7, 11) is 0. The monoisotopic (exact) mass is 458 g/mol. The van der Waals surface area contributed by atoms with Gasteiger partial charge >= 0.3 is 0 Å². The number of hydrogen-bond acceptors (Lipinski definition) is 4. The summed E-state index contributed by atoms with van der Waals surface area (Å²) in [5.41, 5.74) is 3.58. The maximum Gasteiger partial charge on any atom is 0.225 e. The summed E-state index contributed by atoms with van der Waals surface area (Å²) in [4.78, 5) is 17.2. The highest BCUT2D eigenvalue weighted by Crippen LogP contribution is 2.32. The molecule has 154 valence electrons. The van der Waals surface area contributed by atoms with Gasteiger partial charge in [-0.05, 0) is 48.7 Å². The number of piperazine rings is 1. The molecule has 5 nitrogen and oxygen atoms in total. The third-order valence-electron chi connectivity index (χ3n) is 5.63. The van der Waals surface area contributed by atoms with E-state index in [1.54, 1.807) is 0 Å². The molecular weight excluding hydrogens is 432 g/mol. The van der Waals surface area contributed by atoms with Crippen LogP contribution in [0.2, 0.25) is 0 Å². The summed E-state index contributed by atoms with van der Waals surface area (Å²) in [6, 6.07) is 14.4. The molecule has 1 atom stereocenters. The maximum absolute atomic E-state index is 12.9. The molecular formula is C23H27BrN2O3. The molecule has 0 N–H and O–H groups in total. The van der Waals surface area contributed by atoms with E-state index in [2.05, 4.69) is 45.1 Å². The molecule has 2 heterocycles. The molecule has 1 unspecified atom stereocenters. The van der Waals surface area contributed by atoms with Crippen LogP contribution in [0.4, 0.5) is 5.69 Å². The van der Waals surface area contributed by atoms with Gasteiger partial charge in [0.25, 0.3) is 0 Å². The van der Waals surface area contributed by atoms with Gasteiger partial charge in [-0.15, -0.1) is 0 Å². The van der Waals surface area contributed by atoms with E-state index in [0.717, 1.165) is 54.1 Å². The number of fused-ring (bicyclic) bond motifs is 1. The summed E-state index contributed by atoms with van der Waals surface area (Å²) < 4.78 is 12.6. The number of carbonyl (C=O) groups is 1. The highest BCUT2D eigenvalue weighted by molar-refractivity contribution is 9.10. The van der Waals surface area contributed by atoms with Crippen LogP contribution in [0.25, 0.3) is 0 Å². The van der Waals surface area contributed by atoms with Gasteiger partial charge < -0.3 is 19.3 Å². The predicted octanol–water partition coefficient (Wildman–Crippen LogP) is 4.20. The lowest BCUT2D eigenvalue weighted by atomic mass is 9.95. The Balaban J connectivity index is 1.35. The average Bonchev–Trinajstić information content (AvgIpc) is 2.74. The van der Waals surface area contributed by atoms with Gasteiger partial charge in [0.15, 0.2) is 0 Å². The number of hydrogen-bond donors (Lipinski definition) is 0. The quantitative estimate of drug-likeness (QED) is 0.672. The van der Waals surface area contributed by atoms with E-state index in [4.69, 9.17) is 9.47 Å². The first-order valence-corrected chi connectivity index (χ1v) is 11.1. The molecule has 1 fully saturated rings. The van der Waals surface area contributed by atoms with E-state index in [0.29, 0.717) is 19.6 Å². The fourth-order valence-corrected chi connectivity index (χ4v) is 4.52. The smallest absolute Gasteiger partial charge is 0.225 e. The summed E-state index contributed by atoms with van der Waals surface area (Å²) in [6.07, 6.45) is 1.17. The Kier molecular flexibility index (Phi) is 6.40. The number of benzene rings is 2. The third-order valence-corrected chi connectivity index (χ3v) is 6.12. The first-order chi connectivity index (χ1) is 14.1. The Bertz CT molecular complexity index is 865. The van der Waals surface area contributed by atoms with E-state index in [9.17, 15) is 4.79 Å². The maximum atomic E-state index is 12.9. The molecule has 0 radical (unpaired) electrons. The van der Waals surface area contributed by atoms with Crippen molar-refractivity contribution in [2.45, 2.75) is 25.9 Å². The minimum absolute atomic E-state index is 0.139. The summed E-state index contributed by atoms with van der Waals surface area (Å²) in [6.45, 7) is 6.45. The van der Waals surface area contributed by atoms with Crippen molar-refractivity contribution in [1.82, 2.24) is 4.90 Å². The SMILES string of the molecule is CCOc1cccc(N2CCN(C(=O)CC3OCCc4cc(Br)ccc43)CC2)c1. The molecule has 0 spiro atoms. The molecule has 0 bridgehead atoms. The Morgan fingerprint density at radius 2 is 2.00 bits per heavy atom. The number of ether oxygens (including phenoxy) is 2. The Labute approximate surface area is 180 Å². The van der Waals surface area contributed by atoms with Crippen molar-refractivity contribution in [3.8, 4) is 5.75 Å². The van der Waals surface area contributed by atoms with Crippen molar-refractivity contribution in [2.24, 2.45) is 0 Å². The fraction of sp³-hybridized carbons (Fsp3) is 0.435. The zero-order valence-corrected chi connectivity index (χ0v) is 18.4. The second-order valence-electron chi connectivity index (χ2n) is 7.45. The van der Waals surface area contributed by atoms with Gasteiger partial charge in [0.2, 0.25) is 5.91 Å². The lowest BCUT2D eigenvalue weighted by Crippen LogP contribution is -2.49. The van der Waals surface area contributed by atoms with E-state index >= 15 is 0 Å². The van der Waals surface area contributed by atoms with Gasteiger partial charge in [-0.2, -0.15) is 0 Å². The van der Waals surface area contributed by atoms with Crippen LogP contribution in [0.1, 0.15) is 30.6 Å². The molecule has 2 aliphatic heterocycles. The summed E-state index contributed by atoms with van der Waals surface area (Å²) in [5, 5.41) is 0. The average molecular weight is 459 g/mol. The van der Waals surface area contributed by atoms with Gasteiger partial charge in [0.05, 0.1) is 25.7 Å². The van der Waals surface area contributed by atoms with Crippen LogP contribution in [-0.2, 0) is 16.0 Å².